The summed E-state index contributed by atoms with van der Waals surface area (Å²) in [5, 5.41) is 20.8. The van der Waals surface area contributed by atoms with Gasteiger partial charge in [-0.25, -0.2) is 8.78 Å². The highest BCUT2D eigenvalue weighted by atomic mass is 35.5. The summed E-state index contributed by atoms with van der Waals surface area (Å²) in [6, 6.07) is 4.77. The van der Waals surface area contributed by atoms with Crippen molar-refractivity contribution in [2.24, 2.45) is 5.73 Å². The standard InChI is InChI=1S/C20H18ClF2NO5S/c1-2-28-20(27)18-11(15-12(21)4-3-9(7-25)17(15)30-18)8-29-16-13(22)5-10(19(24)26)6-14(16)23/h3-6,20,25,27H,2,7-8H2,1H3,(H2,24,26). The normalized spacial score (nSPS) is 12.3. The first kappa shape index (κ1) is 22.4. The first-order chi connectivity index (χ1) is 14.3. The van der Waals surface area contributed by atoms with Crippen molar-refractivity contribution >= 4 is 38.9 Å². The van der Waals surface area contributed by atoms with Crippen molar-refractivity contribution in [3.8, 4) is 5.75 Å². The minimum Gasteiger partial charge on any atom is -0.483 e. The Kier molecular flexibility index (Phi) is 6.89. The number of rotatable bonds is 8. The summed E-state index contributed by atoms with van der Waals surface area (Å²) in [4.78, 5) is 11.5. The van der Waals surface area contributed by atoms with Crippen LogP contribution in [0.5, 0.6) is 5.75 Å². The van der Waals surface area contributed by atoms with Gasteiger partial charge in [0, 0.05) is 32.8 Å². The van der Waals surface area contributed by atoms with E-state index in [1.807, 2.05) is 0 Å². The van der Waals surface area contributed by atoms with Crippen LogP contribution in [0, 0.1) is 11.6 Å². The van der Waals surface area contributed by atoms with E-state index >= 15 is 0 Å². The summed E-state index contributed by atoms with van der Waals surface area (Å²) in [5.74, 6) is -3.88. The maximum atomic E-state index is 14.3. The van der Waals surface area contributed by atoms with Crippen molar-refractivity contribution in [3.63, 3.8) is 0 Å². The number of hydrogen-bond donors (Lipinski definition) is 3. The summed E-state index contributed by atoms with van der Waals surface area (Å²) in [6.07, 6.45) is -1.32. The second-order valence-electron chi connectivity index (χ2n) is 6.24. The molecule has 0 aliphatic heterocycles. The fourth-order valence-corrected chi connectivity index (χ4v) is 4.58. The zero-order chi connectivity index (χ0) is 22.0. The van der Waals surface area contributed by atoms with Gasteiger partial charge in [0.1, 0.15) is 6.61 Å². The quantitative estimate of drug-likeness (QED) is 0.443. The zero-order valence-corrected chi connectivity index (χ0v) is 17.3. The second-order valence-corrected chi connectivity index (χ2v) is 7.70. The number of amides is 1. The van der Waals surface area contributed by atoms with Gasteiger partial charge in [0.15, 0.2) is 23.7 Å². The lowest BCUT2D eigenvalue weighted by molar-refractivity contribution is -0.0962. The third-order valence-electron chi connectivity index (χ3n) is 4.36. The largest absolute Gasteiger partial charge is 0.483 e. The molecule has 0 saturated heterocycles. The average Bonchev–Trinajstić information content (AvgIpc) is 3.08. The van der Waals surface area contributed by atoms with Gasteiger partial charge in [0.2, 0.25) is 5.91 Å². The smallest absolute Gasteiger partial charge is 0.248 e. The summed E-state index contributed by atoms with van der Waals surface area (Å²) < 4.78 is 39.8. The molecule has 0 fully saturated rings. The number of carbonyl (C=O) groups excluding carboxylic acids is 1. The van der Waals surface area contributed by atoms with Gasteiger partial charge < -0.3 is 25.4 Å². The molecule has 1 aromatic heterocycles. The molecule has 2 aromatic carbocycles. The number of carbonyl (C=O) groups is 1. The number of nitrogens with two attached hydrogens (primary N) is 1. The molecule has 1 unspecified atom stereocenters. The Labute approximate surface area is 179 Å². The Morgan fingerprint density at radius 3 is 2.53 bits per heavy atom. The lowest BCUT2D eigenvalue weighted by Crippen LogP contribution is -2.12. The molecule has 0 saturated carbocycles. The Bertz CT molecular complexity index is 1080. The maximum absolute atomic E-state index is 14.3. The Morgan fingerprint density at radius 2 is 1.97 bits per heavy atom. The van der Waals surface area contributed by atoms with Crippen molar-refractivity contribution < 1.29 is 33.3 Å². The number of aliphatic hydroxyl groups excluding tert-OH is 2. The number of benzene rings is 2. The van der Waals surface area contributed by atoms with Gasteiger partial charge in [-0.2, -0.15) is 0 Å². The van der Waals surface area contributed by atoms with Gasteiger partial charge in [-0.1, -0.05) is 17.7 Å². The molecule has 10 heteroatoms. The highest BCUT2D eigenvalue weighted by molar-refractivity contribution is 7.19. The Balaban J connectivity index is 2.07. The fraction of sp³-hybridized carbons (Fsp3) is 0.250. The number of fused-ring (bicyclic) bond motifs is 1. The molecule has 6 nitrogen and oxygen atoms in total. The molecule has 0 spiro atoms. The van der Waals surface area contributed by atoms with Crippen LogP contribution in [0.15, 0.2) is 24.3 Å². The molecule has 30 heavy (non-hydrogen) atoms. The van der Waals surface area contributed by atoms with Gasteiger partial charge in [-0.3, -0.25) is 4.79 Å². The van der Waals surface area contributed by atoms with Crippen molar-refractivity contribution in [1.82, 2.24) is 0 Å². The molecule has 3 rings (SSSR count). The van der Waals surface area contributed by atoms with Crippen LogP contribution in [-0.4, -0.2) is 22.7 Å². The van der Waals surface area contributed by atoms with Gasteiger partial charge in [0.05, 0.1) is 11.5 Å². The zero-order valence-electron chi connectivity index (χ0n) is 15.7. The first-order valence-electron chi connectivity index (χ1n) is 8.83. The van der Waals surface area contributed by atoms with Crippen LogP contribution in [0.3, 0.4) is 0 Å². The molecule has 0 aliphatic carbocycles. The average molecular weight is 458 g/mol. The van der Waals surface area contributed by atoms with Crippen LogP contribution in [0.1, 0.15) is 39.6 Å². The topological polar surface area (TPSA) is 102 Å². The molecule has 0 bridgehead atoms. The lowest BCUT2D eigenvalue weighted by Gasteiger charge is -2.14. The number of aliphatic hydroxyl groups is 2. The SMILES string of the molecule is CCOC(O)c1sc2c(CO)ccc(Cl)c2c1COc1c(F)cc(C(N)=O)cc1F. The van der Waals surface area contributed by atoms with E-state index in [4.69, 9.17) is 26.8 Å². The number of hydrogen-bond acceptors (Lipinski definition) is 6. The lowest BCUT2D eigenvalue weighted by atomic mass is 10.1. The molecule has 1 atom stereocenters. The second kappa shape index (κ2) is 9.23. The minimum absolute atomic E-state index is 0.216. The van der Waals surface area contributed by atoms with Crippen LogP contribution in [0.25, 0.3) is 10.1 Å². The molecule has 0 radical (unpaired) electrons. The van der Waals surface area contributed by atoms with Crippen molar-refractivity contribution in [2.75, 3.05) is 6.61 Å². The van der Waals surface area contributed by atoms with Crippen LogP contribution in [0.4, 0.5) is 8.78 Å². The third kappa shape index (κ3) is 4.26. The van der Waals surface area contributed by atoms with Gasteiger partial charge in [0.25, 0.3) is 0 Å². The van der Waals surface area contributed by atoms with Gasteiger partial charge in [-0.15, -0.1) is 11.3 Å². The van der Waals surface area contributed by atoms with E-state index in [0.29, 0.717) is 31.1 Å². The molecular formula is C20H18ClF2NO5S. The molecule has 3 aromatic rings. The number of ether oxygens (including phenoxy) is 2. The minimum atomic E-state index is -1.32. The predicted octanol–water partition coefficient (Wildman–Crippen LogP) is 4.03. The van der Waals surface area contributed by atoms with E-state index in [-0.39, 0.29) is 25.4 Å². The van der Waals surface area contributed by atoms with E-state index in [1.165, 1.54) is 0 Å². The Hall–Kier alpha value is -2.30. The first-order valence-corrected chi connectivity index (χ1v) is 10.0. The monoisotopic (exact) mass is 457 g/mol. The van der Waals surface area contributed by atoms with Crippen molar-refractivity contribution in [3.05, 3.63) is 62.5 Å². The number of primary amides is 1. The Morgan fingerprint density at radius 1 is 1.30 bits per heavy atom. The van der Waals surface area contributed by atoms with E-state index in [9.17, 15) is 23.8 Å². The third-order valence-corrected chi connectivity index (χ3v) is 6.02. The molecule has 0 aliphatic rings. The van der Waals surface area contributed by atoms with Crippen LogP contribution >= 0.6 is 22.9 Å². The van der Waals surface area contributed by atoms with Crippen LogP contribution < -0.4 is 10.5 Å². The van der Waals surface area contributed by atoms with E-state index < -0.39 is 29.6 Å². The maximum Gasteiger partial charge on any atom is 0.248 e. The fourth-order valence-electron chi connectivity index (χ4n) is 2.98. The van der Waals surface area contributed by atoms with Gasteiger partial charge in [-0.05, 0) is 30.7 Å². The van der Waals surface area contributed by atoms with Gasteiger partial charge >= 0.3 is 0 Å². The molecule has 160 valence electrons. The molecule has 1 amide bonds. The van der Waals surface area contributed by atoms with E-state index in [2.05, 4.69) is 0 Å². The summed E-state index contributed by atoms with van der Waals surface area (Å²) in [5.41, 5.74) is 5.66. The number of halogens is 3. The summed E-state index contributed by atoms with van der Waals surface area (Å²) in [7, 11) is 0. The molecule has 4 N–H and O–H groups in total. The highest BCUT2D eigenvalue weighted by Crippen LogP contribution is 2.42. The number of thiophene rings is 1. The summed E-state index contributed by atoms with van der Waals surface area (Å²) >= 11 is 7.47. The predicted molar refractivity (Wildman–Crippen MR) is 109 cm³/mol. The van der Waals surface area contributed by atoms with Crippen molar-refractivity contribution in [1.29, 1.82) is 0 Å². The van der Waals surface area contributed by atoms with Crippen molar-refractivity contribution in [2.45, 2.75) is 26.4 Å². The van der Waals surface area contributed by atoms with Crippen LogP contribution in [-0.2, 0) is 18.0 Å². The van der Waals surface area contributed by atoms with E-state index in [1.54, 1.807) is 19.1 Å². The van der Waals surface area contributed by atoms with E-state index in [0.717, 1.165) is 23.5 Å². The molecular weight excluding hydrogens is 440 g/mol. The highest BCUT2D eigenvalue weighted by Gasteiger charge is 2.24. The van der Waals surface area contributed by atoms with Crippen LogP contribution in [0.2, 0.25) is 5.02 Å². The molecule has 1 heterocycles. The summed E-state index contributed by atoms with van der Waals surface area (Å²) in [6.45, 7) is 1.30.